The Morgan fingerprint density at radius 1 is 1.24 bits per heavy atom. The van der Waals surface area contributed by atoms with Crippen LogP contribution in [0.1, 0.15) is 27.2 Å². The monoisotopic (exact) mass is 237 g/mol. The van der Waals surface area contributed by atoms with Gasteiger partial charge in [-0.25, -0.2) is 0 Å². The molecule has 0 aliphatic heterocycles. The third-order valence-electron chi connectivity index (χ3n) is 2.62. The van der Waals surface area contributed by atoms with Crippen LogP contribution in [0.3, 0.4) is 0 Å². The minimum absolute atomic E-state index is 0.191. The van der Waals surface area contributed by atoms with E-state index in [0.717, 1.165) is 24.5 Å². The van der Waals surface area contributed by atoms with Gasteiger partial charge >= 0.3 is 0 Å². The van der Waals surface area contributed by atoms with Gasteiger partial charge < -0.3 is 14.8 Å². The van der Waals surface area contributed by atoms with E-state index in [0.29, 0.717) is 6.04 Å². The summed E-state index contributed by atoms with van der Waals surface area (Å²) >= 11 is 0. The number of hydrogen-bond donors (Lipinski definition) is 1. The predicted octanol–water partition coefficient (Wildman–Crippen LogP) is 2.85. The van der Waals surface area contributed by atoms with Crippen LogP contribution < -0.4 is 14.8 Å². The first-order chi connectivity index (χ1) is 8.15. The van der Waals surface area contributed by atoms with Crippen molar-refractivity contribution in [1.82, 2.24) is 5.32 Å². The lowest BCUT2D eigenvalue weighted by Gasteiger charge is -2.19. The smallest absolute Gasteiger partial charge is 0.123 e. The summed E-state index contributed by atoms with van der Waals surface area (Å²) in [7, 11) is 1.66. The zero-order valence-corrected chi connectivity index (χ0v) is 11.2. The summed E-state index contributed by atoms with van der Waals surface area (Å²) in [5.41, 5.74) is 0. The summed E-state index contributed by atoms with van der Waals surface area (Å²) in [6.07, 6.45) is 1.18. The van der Waals surface area contributed by atoms with Gasteiger partial charge in [0.2, 0.25) is 0 Å². The molecule has 2 atom stereocenters. The summed E-state index contributed by atoms with van der Waals surface area (Å²) in [5.74, 6) is 1.69. The molecule has 3 heteroatoms. The van der Waals surface area contributed by atoms with Crippen molar-refractivity contribution in [3.63, 3.8) is 0 Å². The van der Waals surface area contributed by atoms with Crippen molar-refractivity contribution in [1.29, 1.82) is 0 Å². The highest BCUT2D eigenvalue weighted by Crippen LogP contribution is 2.20. The van der Waals surface area contributed by atoms with Crippen molar-refractivity contribution in [2.45, 2.75) is 39.3 Å². The van der Waals surface area contributed by atoms with Gasteiger partial charge in [-0.2, -0.15) is 0 Å². The summed E-state index contributed by atoms with van der Waals surface area (Å²) in [6.45, 7) is 7.37. The topological polar surface area (TPSA) is 30.5 Å². The first-order valence-electron chi connectivity index (χ1n) is 6.19. The van der Waals surface area contributed by atoms with Crippen LogP contribution in [0, 0.1) is 0 Å². The van der Waals surface area contributed by atoms with Crippen molar-refractivity contribution < 1.29 is 9.47 Å². The Hall–Kier alpha value is -1.22. The minimum atomic E-state index is 0.191. The van der Waals surface area contributed by atoms with Gasteiger partial charge in [0.05, 0.1) is 13.2 Å². The Labute approximate surface area is 104 Å². The first-order valence-corrected chi connectivity index (χ1v) is 6.19. The molecule has 0 aliphatic carbocycles. The van der Waals surface area contributed by atoms with Crippen LogP contribution in [0.25, 0.3) is 0 Å². The fraction of sp³-hybridized carbons (Fsp3) is 0.571. The second kappa shape index (κ2) is 7.17. The Bertz CT molecular complexity index is 328. The Balaban J connectivity index is 2.46. The standard InChI is InChI=1S/C14H23NO2/c1-5-15-11(2)9-12(3)17-14-8-6-7-13(10-14)16-4/h6-8,10-12,15H,5,9H2,1-4H3. The summed E-state index contributed by atoms with van der Waals surface area (Å²) in [4.78, 5) is 0. The first kappa shape index (κ1) is 13.8. The van der Waals surface area contributed by atoms with Crippen molar-refractivity contribution in [3.8, 4) is 11.5 Å². The summed E-state index contributed by atoms with van der Waals surface area (Å²) in [5, 5.41) is 3.38. The molecule has 1 N–H and O–H groups in total. The van der Waals surface area contributed by atoms with E-state index in [1.807, 2.05) is 24.3 Å². The summed E-state index contributed by atoms with van der Waals surface area (Å²) in [6, 6.07) is 8.19. The third-order valence-corrected chi connectivity index (χ3v) is 2.62. The van der Waals surface area contributed by atoms with Crippen molar-refractivity contribution >= 4 is 0 Å². The molecule has 0 heterocycles. The Morgan fingerprint density at radius 2 is 1.94 bits per heavy atom. The normalized spacial score (nSPS) is 14.1. The van der Waals surface area contributed by atoms with E-state index in [9.17, 15) is 0 Å². The van der Waals surface area contributed by atoms with Crippen LogP contribution in [-0.2, 0) is 0 Å². The van der Waals surface area contributed by atoms with Crippen LogP contribution in [0.15, 0.2) is 24.3 Å². The highest BCUT2D eigenvalue weighted by Gasteiger charge is 2.09. The Morgan fingerprint density at radius 3 is 2.59 bits per heavy atom. The van der Waals surface area contributed by atoms with E-state index >= 15 is 0 Å². The highest BCUT2D eigenvalue weighted by atomic mass is 16.5. The van der Waals surface area contributed by atoms with Crippen LogP contribution >= 0.6 is 0 Å². The van der Waals surface area contributed by atoms with Gasteiger partial charge in [-0.1, -0.05) is 13.0 Å². The van der Waals surface area contributed by atoms with Gasteiger partial charge in [0.25, 0.3) is 0 Å². The molecular formula is C14H23NO2. The van der Waals surface area contributed by atoms with E-state index in [2.05, 4.69) is 26.1 Å². The van der Waals surface area contributed by atoms with Crippen molar-refractivity contribution in [3.05, 3.63) is 24.3 Å². The molecule has 2 unspecified atom stereocenters. The van der Waals surface area contributed by atoms with Gasteiger partial charge in [0.15, 0.2) is 0 Å². The second-order valence-electron chi connectivity index (χ2n) is 4.30. The van der Waals surface area contributed by atoms with E-state index in [1.54, 1.807) is 7.11 Å². The fourth-order valence-corrected chi connectivity index (χ4v) is 1.88. The molecular weight excluding hydrogens is 214 g/mol. The molecule has 0 saturated carbocycles. The number of nitrogens with one attached hydrogen (secondary N) is 1. The SMILES string of the molecule is CCNC(C)CC(C)Oc1cccc(OC)c1. The van der Waals surface area contributed by atoms with E-state index in [-0.39, 0.29) is 6.10 Å². The lowest BCUT2D eigenvalue weighted by Crippen LogP contribution is -2.30. The third kappa shape index (κ3) is 5.09. The molecule has 3 nitrogen and oxygen atoms in total. The number of benzene rings is 1. The van der Waals surface area contributed by atoms with Crippen LogP contribution in [0.2, 0.25) is 0 Å². The Kier molecular flexibility index (Phi) is 5.84. The zero-order chi connectivity index (χ0) is 12.7. The average Bonchev–Trinajstić information content (AvgIpc) is 2.29. The number of ether oxygens (including phenoxy) is 2. The van der Waals surface area contributed by atoms with E-state index < -0.39 is 0 Å². The predicted molar refractivity (Wildman–Crippen MR) is 70.8 cm³/mol. The van der Waals surface area contributed by atoms with Crippen molar-refractivity contribution in [2.24, 2.45) is 0 Å². The average molecular weight is 237 g/mol. The van der Waals surface area contributed by atoms with Crippen molar-refractivity contribution in [2.75, 3.05) is 13.7 Å². The van der Waals surface area contributed by atoms with Gasteiger partial charge in [-0.3, -0.25) is 0 Å². The fourth-order valence-electron chi connectivity index (χ4n) is 1.88. The number of hydrogen-bond acceptors (Lipinski definition) is 3. The molecule has 0 spiro atoms. The van der Waals surface area contributed by atoms with E-state index in [1.165, 1.54) is 0 Å². The maximum absolute atomic E-state index is 5.85. The van der Waals surface area contributed by atoms with Crippen LogP contribution in [0.5, 0.6) is 11.5 Å². The van der Waals surface area contributed by atoms with Gasteiger partial charge in [-0.15, -0.1) is 0 Å². The largest absolute Gasteiger partial charge is 0.497 e. The zero-order valence-electron chi connectivity index (χ0n) is 11.2. The quantitative estimate of drug-likeness (QED) is 0.791. The van der Waals surface area contributed by atoms with E-state index in [4.69, 9.17) is 9.47 Å². The minimum Gasteiger partial charge on any atom is -0.497 e. The second-order valence-corrected chi connectivity index (χ2v) is 4.30. The lowest BCUT2D eigenvalue weighted by molar-refractivity contribution is 0.196. The molecule has 96 valence electrons. The summed E-state index contributed by atoms with van der Waals surface area (Å²) < 4.78 is 11.0. The molecule has 0 saturated heterocycles. The van der Waals surface area contributed by atoms with Gasteiger partial charge in [0.1, 0.15) is 11.5 Å². The molecule has 17 heavy (non-hydrogen) atoms. The maximum atomic E-state index is 5.85. The highest BCUT2D eigenvalue weighted by molar-refractivity contribution is 5.32. The molecule has 0 bridgehead atoms. The number of rotatable bonds is 7. The molecule has 0 fully saturated rings. The lowest BCUT2D eigenvalue weighted by atomic mass is 10.1. The molecule has 0 aromatic heterocycles. The molecule has 0 radical (unpaired) electrons. The van der Waals surface area contributed by atoms with Gasteiger partial charge in [-0.05, 0) is 38.9 Å². The van der Waals surface area contributed by atoms with Crippen LogP contribution in [-0.4, -0.2) is 25.8 Å². The van der Waals surface area contributed by atoms with Crippen LogP contribution in [0.4, 0.5) is 0 Å². The van der Waals surface area contributed by atoms with Gasteiger partial charge in [0, 0.05) is 12.1 Å². The molecule has 1 aromatic rings. The molecule has 0 aliphatic rings. The molecule has 0 amide bonds. The maximum Gasteiger partial charge on any atom is 0.123 e. The number of methoxy groups -OCH3 is 1. The molecule has 1 aromatic carbocycles. The molecule has 1 rings (SSSR count).